The van der Waals surface area contributed by atoms with E-state index >= 15 is 0 Å². The largest absolute Gasteiger partial charge is 0.271 e. The van der Waals surface area contributed by atoms with Gasteiger partial charge >= 0.3 is 0 Å². The van der Waals surface area contributed by atoms with Crippen LogP contribution in [0.3, 0.4) is 0 Å². The summed E-state index contributed by atoms with van der Waals surface area (Å²) in [6, 6.07) is 5.86. The van der Waals surface area contributed by atoms with Crippen LogP contribution >= 0.6 is 27.5 Å². The lowest BCUT2D eigenvalue weighted by molar-refractivity contribution is 0.527. The predicted molar refractivity (Wildman–Crippen MR) is 85.6 cm³/mol. The Balaban J connectivity index is 2.33. The third-order valence-corrected chi connectivity index (χ3v) is 4.73. The van der Waals surface area contributed by atoms with E-state index in [9.17, 15) is 0 Å². The first-order chi connectivity index (χ1) is 9.43. The Morgan fingerprint density at radius 2 is 2.15 bits per heavy atom. The van der Waals surface area contributed by atoms with Gasteiger partial charge in [-0.3, -0.25) is 16.0 Å². The van der Waals surface area contributed by atoms with Crippen LogP contribution in [0.4, 0.5) is 0 Å². The van der Waals surface area contributed by atoms with E-state index in [4.69, 9.17) is 17.4 Å². The molecule has 0 aliphatic heterocycles. The van der Waals surface area contributed by atoms with E-state index < -0.39 is 0 Å². The van der Waals surface area contributed by atoms with Gasteiger partial charge in [-0.2, -0.15) is 5.10 Å². The summed E-state index contributed by atoms with van der Waals surface area (Å²) in [5.74, 6) is 5.74. The lowest BCUT2D eigenvalue weighted by Crippen LogP contribution is -2.30. The molecule has 108 valence electrons. The molecule has 2 rings (SSSR count). The lowest BCUT2D eigenvalue weighted by atomic mass is 9.98. The van der Waals surface area contributed by atoms with Crippen LogP contribution < -0.4 is 11.3 Å². The molecule has 1 atom stereocenters. The van der Waals surface area contributed by atoms with E-state index in [0.717, 1.165) is 38.4 Å². The van der Waals surface area contributed by atoms with Gasteiger partial charge < -0.3 is 0 Å². The van der Waals surface area contributed by atoms with Crippen LogP contribution in [0.25, 0.3) is 0 Å². The fourth-order valence-electron chi connectivity index (χ4n) is 2.38. The van der Waals surface area contributed by atoms with Crippen LogP contribution in [0.15, 0.2) is 22.7 Å². The Bertz CT molecular complexity index is 624. The van der Waals surface area contributed by atoms with Gasteiger partial charge in [-0.1, -0.05) is 17.7 Å². The Morgan fingerprint density at radius 1 is 1.45 bits per heavy atom. The SMILES string of the molecule is Cc1cc(Cl)ccc1C(Cc1c(Br)c(C)nn1C)NN. The summed E-state index contributed by atoms with van der Waals surface area (Å²) in [5.41, 5.74) is 7.24. The average Bonchev–Trinajstić information content (AvgIpc) is 2.62. The Hall–Kier alpha value is -0.880. The van der Waals surface area contributed by atoms with E-state index in [-0.39, 0.29) is 6.04 Å². The maximum atomic E-state index is 6.01. The molecule has 0 amide bonds. The fourth-order valence-corrected chi connectivity index (χ4v) is 3.11. The third-order valence-electron chi connectivity index (χ3n) is 3.47. The van der Waals surface area contributed by atoms with Gasteiger partial charge in [0.2, 0.25) is 0 Å². The van der Waals surface area contributed by atoms with Gasteiger partial charge in [-0.15, -0.1) is 0 Å². The highest BCUT2D eigenvalue weighted by molar-refractivity contribution is 9.10. The van der Waals surface area contributed by atoms with E-state index in [1.807, 2.05) is 43.8 Å². The van der Waals surface area contributed by atoms with Gasteiger partial charge in [0.25, 0.3) is 0 Å². The first-order valence-corrected chi connectivity index (χ1v) is 7.51. The standard InChI is InChI=1S/C14H18BrClN4/c1-8-6-10(16)4-5-11(8)12(18-17)7-13-14(15)9(2)19-20(13)3/h4-6,12,18H,7,17H2,1-3H3. The second-order valence-corrected chi connectivity index (χ2v) is 6.12. The van der Waals surface area contributed by atoms with Crippen molar-refractivity contribution < 1.29 is 0 Å². The monoisotopic (exact) mass is 356 g/mol. The minimum absolute atomic E-state index is 0.0124. The topological polar surface area (TPSA) is 55.9 Å². The van der Waals surface area contributed by atoms with Gasteiger partial charge in [-0.25, -0.2) is 0 Å². The molecule has 20 heavy (non-hydrogen) atoms. The van der Waals surface area contributed by atoms with Crippen molar-refractivity contribution in [1.29, 1.82) is 0 Å². The van der Waals surface area contributed by atoms with Gasteiger partial charge in [0.1, 0.15) is 0 Å². The van der Waals surface area contributed by atoms with Crippen LogP contribution in [0.1, 0.15) is 28.6 Å². The zero-order valence-corrected chi connectivity index (χ0v) is 14.1. The van der Waals surface area contributed by atoms with Crippen LogP contribution in [0.5, 0.6) is 0 Å². The summed E-state index contributed by atoms with van der Waals surface area (Å²) in [4.78, 5) is 0. The number of hydrazine groups is 1. The van der Waals surface area contributed by atoms with Crippen LogP contribution in [-0.4, -0.2) is 9.78 Å². The molecule has 0 spiro atoms. The lowest BCUT2D eigenvalue weighted by Gasteiger charge is -2.19. The molecule has 2 aromatic rings. The smallest absolute Gasteiger partial charge is 0.0738 e. The Labute approximate surface area is 132 Å². The maximum absolute atomic E-state index is 6.01. The summed E-state index contributed by atoms with van der Waals surface area (Å²) in [5, 5.41) is 5.14. The summed E-state index contributed by atoms with van der Waals surface area (Å²) < 4.78 is 2.92. The van der Waals surface area contributed by atoms with Crippen molar-refractivity contribution in [1.82, 2.24) is 15.2 Å². The molecule has 0 aliphatic rings. The summed E-state index contributed by atoms with van der Waals surface area (Å²) in [6.45, 7) is 4.01. The molecule has 1 unspecified atom stereocenters. The highest BCUT2D eigenvalue weighted by atomic mass is 79.9. The molecular formula is C14H18BrClN4. The summed E-state index contributed by atoms with van der Waals surface area (Å²) in [7, 11) is 1.94. The molecule has 0 saturated heterocycles. The number of rotatable bonds is 4. The number of hydrogen-bond acceptors (Lipinski definition) is 3. The van der Waals surface area contributed by atoms with Crippen LogP contribution in [0.2, 0.25) is 5.02 Å². The van der Waals surface area contributed by atoms with Crippen molar-refractivity contribution in [2.75, 3.05) is 0 Å². The van der Waals surface area contributed by atoms with Crippen LogP contribution in [-0.2, 0) is 13.5 Å². The highest BCUT2D eigenvalue weighted by Gasteiger charge is 2.18. The zero-order valence-electron chi connectivity index (χ0n) is 11.7. The molecule has 0 aliphatic carbocycles. The number of aryl methyl sites for hydroxylation is 3. The van der Waals surface area contributed by atoms with Crippen LogP contribution in [0, 0.1) is 13.8 Å². The molecule has 3 N–H and O–H groups in total. The number of nitrogens with one attached hydrogen (secondary N) is 1. The van der Waals surface area contributed by atoms with Crippen molar-refractivity contribution in [3.05, 3.63) is 50.2 Å². The quantitative estimate of drug-likeness (QED) is 0.652. The van der Waals surface area contributed by atoms with Gasteiger partial charge in [0.05, 0.1) is 21.9 Å². The van der Waals surface area contributed by atoms with Gasteiger partial charge in [0, 0.05) is 18.5 Å². The van der Waals surface area contributed by atoms with Gasteiger partial charge in [-0.05, 0) is 53.0 Å². The van der Waals surface area contributed by atoms with E-state index in [0.29, 0.717) is 0 Å². The molecule has 0 bridgehead atoms. The normalized spacial score (nSPS) is 12.7. The number of nitrogens with zero attached hydrogens (tertiary/aromatic N) is 2. The molecule has 4 nitrogen and oxygen atoms in total. The molecule has 1 aromatic carbocycles. The number of halogens is 2. The predicted octanol–water partition coefficient (Wildman–Crippen LogP) is 3.20. The van der Waals surface area contributed by atoms with E-state index in [1.165, 1.54) is 0 Å². The number of aromatic nitrogens is 2. The molecule has 1 aromatic heterocycles. The third kappa shape index (κ3) is 3.06. The Kier molecular flexibility index (Phi) is 4.86. The minimum atomic E-state index is 0.0124. The van der Waals surface area contributed by atoms with Crippen molar-refractivity contribution >= 4 is 27.5 Å². The first-order valence-electron chi connectivity index (χ1n) is 6.34. The van der Waals surface area contributed by atoms with E-state index in [2.05, 4.69) is 26.5 Å². The van der Waals surface area contributed by atoms with Crippen molar-refractivity contribution in [3.8, 4) is 0 Å². The Morgan fingerprint density at radius 3 is 2.65 bits per heavy atom. The molecular weight excluding hydrogens is 340 g/mol. The first kappa shape index (κ1) is 15.5. The zero-order chi connectivity index (χ0) is 14.9. The van der Waals surface area contributed by atoms with Gasteiger partial charge in [0.15, 0.2) is 0 Å². The molecule has 6 heteroatoms. The van der Waals surface area contributed by atoms with Crippen molar-refractivity contribution in [3.63, 3.8) is 0 Å². The molecule has 0 saturated carbocycles. The molecule has 0 radical (unpaired) electrons. The summed E-state index contributed by atoms with van der Waals surface area (Å²) >= 11 is 9.59. The second-order valence-electron chi connectivity index (χ2n) is 4.89. The maximum Gasteiger partial charge on any atom is 0.0738 e. The van der Waals surface area contributed by atoms with Crippen molar-refractivity contribution in [2.24, 2.45) is 12.9 Å². The van der Waals surface area contributed by atoms with Crippen molar-refractivity contribution in [2.45, 2.75) is 26.3 Å². The molecule has 1 heterocycles. The fraction of sp³-hybridized carbons (Fsp3) is 0.357. The minimum Gasteiger partial charge on any atom is -0.271 e. The second kappa shape index (κ2) is 6.26. The molecule has 0 fully saturated rings. The number of hydrogen-bond donors (Lipinski definition) is 2. The highest BCUT2D eigenvalue weighted by Crippen LogP contribution is 2.28. The number of benzene rings is 1. The average molecular weight is 358 g/mol. The number of nitrogens with two attached hydrogens (primary N) is 1. The summed E-state index contributed by atoms with van der Waals surface area (Å²) in [6.07, 6.45) is 0.747. The van der Waals surface area contributed by atoms with E-state index in [1.54, 1.807) is 0 Å².